The summed E-state index contributed by atoms with van der Waals surface area (Å²) in [5.41, 5.74) is 8.55. The van der Waals surface area contributed by atoms with Crippen LogP contribution in [-0.2, 0) is 0 Å². The Kier molecular flexibility index (Phi) is 3.96. The molecule has 130 valence electrons. The van der Waals surface area contributed by atoms with E-state index < -0.39 is 0 Å². The number of fused-ring (bicyclic) bond motifs is 1. The Balaban J connectivity index is 1.89. The molecule has 4 rings (SSSR count). The lowest BCUT2D eigenvalue weighted by atomic mass is 10.1. The van der Waals surface area contributed by atoms with Crippen LogP contribution in [0.2, 0.25) is 0 Å². The van der Waals surface area contributed by atoms with Crippen LogP contribution in [0.15, 0.2) is 54.6 Å². The zero-order valence-corrected chi connectivity index (χ0v) is 15.5. The van der Waals surface area contributed by atoms with E-state index in [1.165, 1.54) is 11.1 Å². The predicted octanol–water partition coefficient (Wildman–Crippen LogP) is 5.37. The Hall–Kier alpha value is -3.14. The number of nitrogens with one attached hydrogen (secondary N) is 1. The molecule has 1 N–H and O–H groups in total. The van der Waals surface area contributed by atoms with E-state index in [9.17, 15) is 0 Å². The van der Waals surface area contributed by atoms with E-state index in [2.05, 4.69) is 49.5 Å². The van der Waals surface area contributed by atoms with Crippen LogP contribution in [0.1, 0.15) is 22.5 Å². The first-order valence-electron chi connectivity index (χ1n) is 8.79. The van der Waals surface area contributed by atoms with E-state index in [4.69, 9.17) is 10.1 Å². The Bertz CT molecular complexity index is 1070. The van der Waals surface area contributed by atoms with E-state index >= 15 is 0 Å². The first kappa shape index (κ1) is 16.3. The van der Waals surface area contributed by atoms with E-state index in [0.29, 0.717) is 0 Å². The van der Waals surface area contributed by atoms with Crippen molar-refractivity contribution in [2.75, 3.05) is 5.32 Å². The summed E-state index contributed by atoms with van der Waals surface area (Å²) < 4.78 is 1.91. The highest BCUT2D eigenvalue weighted by Gasteiger charge is 2.16. The number of aryl methyl sites for hydroxylation is 4. The van der Waals surface area contributed by atoms with Crippen molar-refractivity contribution >= 4 is 17.2 Å². The van der Waals surface area contributed by atoms with Gasteiger partial charge in [-0.15, -0.1) is 0 Å². The number of nitrogens with zero attached hydrogens (tertiary/aromatic N) is 3. The summed E-state index contributed by atoms with van der Waals surface area (Å²) in [5, 5.41) is 8.29. The first-order valence-corrected chi connectivity index (χ1v) is 8.79. The van der Waals surface area contributed by atoms with Gasteiger partial charge in [0.2, 0.25) is 0 Å². The summed E-state index contributed by atoms with van der Waals surface area (Å²) in [6.45, 7) is 8.27. The number of hydrogen-bond acceptors (Lipinski definition) is 3. The van der Waals surface area contributed by atoms with Gasteiger partial charge in [-0.3, -0.25) is 0 Å². The lowest BCUT2D eigenvalue weighted by molar-refractivity contribution is 0.917. The van der Waals surface area contributed by atoms with Gasteiger partial charge in [0.15, 0.2) is 5.65 Å². The maximum Gasteiger partial charge on any atom is 0.165 e. The molecule has 0 atom stereocenters. The molecule has 0 bridgehead atoms. The minimum Gasteiger partial charge on any atom is -0.340 e. The summed E-state index contributed by atoms with van der Waals surface area (Å²) in [4.78, 5) is 4.77. The number of anilines is 2. The van der Waals surface area contributed by atoms with Crippen molar-refractivity contribution in [3.8, 4) is 11.1 Å². The van der Waals surface area contributed by atoms with Gasteiger partial charge in [0.05, 0.1) is 5.69 Å². The van der Waals surface area contributed by atoms with Crippen molar-refractivity contribution in [1.29, 1.82) is 0 Å². The summed E-state index contributed by atoms with van der Waals surface area (Å²) in [7, 11) is 0. The van der Waals surface area contributed by atoms with Crippen LogP contribution in [-0.4, -0.2) is 14.6 Å². The summed E-state index contributed by atoms with van der Waals surface area (Å²) in [5.74, 6) is 0.919. The zero-order valence-electron chi connectivity index (χ0n) is 15.5. The van der Waals surface area contributed by atoms with Crippen LogP contribution in [0, 0.1) is 27.7 Å². The molecule has 2 heterocycles. The average Bonchev–Trinajstić information content (AvgIpc) is 2.91. The fourth-order valence-corrected chi connectivity index (χ4v) is 3.47. The van der Waals surface area contributed by atoms with Crippen molar-refractivity contribution in [3.05, 3.63) is 77.1 Å². The van der Waals surface area contributed by atoms with Gasteiger partial charge < -0.3 is 5.32 Å². The number of benzene rings is 2. The SMILES string of the molecule is Cc1cc(C)cc(Nc2cc(C)nc3c(-c4ccccc4)c(C)nn23)c1. The van der Waals surface area contributed by atoms with Crippen LogP contribution < -0.4 is 5.32 Å². The topological polar surface area (TPSA) is 42.2 Å². The first-order chi connectivity index (χ1) is 12.5. The number of rotatable bonds is 3. The second kappa shape index (κ2) is 6.30. The molecule has 0 fully saturated rings. The van der Waals surface area contributed by atoms with Gasteiger partial charge in [-0.05, 0) is 56.5 Å². The van der Waals surface area contributed by atoms with E-state index in [1.54, 1.807) is 0 Å². The van der Waals surface area contributed by atoms with Crippen LogP contribution in [0.4, 0.5) is 11.5 Å². The maximum atomic E-state index is 4.77. The molecule has 0 saturated carbocycles. The third kappa shape index (κ3) is 2.94. The normalized spacial score (nSPS) is 11.1. The second-order valence-electron chi connectivity index (χ2n) is 6.85. The van der Waals surface area contributed by atoms with Crippen LogP contribution in [0.5, 0.6) is 0 Å². The third-order valence-electron chi connectivity index (χ3n) is 4.45. The Morgan fingerprint density at radius 3 is 2.23 bits per heavy atom. The van der Waals surface area contributed by atoms with Gasteiger partial charge in [-0.1, -0.05) is 36.4 Å². The fraction of sp³-hybridized carbons (Fsp3) is 0.182. The zero-order chi connectivity index (χ0) is 18.3. The lowest BCUT2D eigenvalue weighted by Gasteiger charge is -2.11. The summed E-state index contributed by atoms with van der Waals surface area (Å²) in [6, 6.07) is 18.8. The van der Waals surface area contributed by atoms with Crippen molar-refractivity contribution in [2.45, 2.75) is 27.7 Å². The van der Waals surface area contributed by atoms with Crippen molar-refractivity contribution in [3.63, 3.8) is 0 Å². The molecule has 26 heavy (non-hydrogen) atoms. The number of aromatic nitrogens is 3. The molecule has 4 heteroatoms. The van der Waals surface area contributed by atoms with E-state index in [1.807, 2.05) is 42.6 Å². The molecule has 0 amide bonds. The Labute approximate surface area is 153 Å². The molecule has 0 aliphatic carbocycles. The second-order valence-corrected chi connectivity index (χ2v) is 6.85. The van der Waals surface area contributed by atoms with Crippen LogP contribution in [0.25, 0.3) is 16.8 Å². The molecule has 4 nitrogen and oxygen atoms in total. The predicted molar refractivity (Wildman–Crippen MR) is 107 cm³/mol. The van der Waals surface area contributed by atoms with Crippen LogP contribution >= 0.6 is 0 Å². The summed E-state index contributed by atoms with van der Waals surface area (Å²) >= 11 is 0. The highest BCUT2D eigenvalue weighted by atomic mass is 15.3. The monoisotopic (exact) mass is 342 g/mol. The van der Waals surface area contributed by atoms with Crippen LogP contribution in [0.3, 0.4) is 0 Å². The quantitative estimate of drug-likeness (QED) is 0.544. The molecule has 2 aromatic heterocycles. The molecule has 0 saturated heterocycles. The molecule has 0 radical (unpaired) electrons. The molecule has 2 aromatic carbocycles. The highest BCUT2D eigenvalue weighted by Crippen LogP contribution is 2.30. The highest BCUT2D eigenvalue weighted by molar-refractivity contribution is 5.81. The van der Waals surface area contributed by atoms with E-state index in [-0.39, 0.29) is 0 Å². The standard InChI is InChI=1S/C22H22N4/c1-14-10-15(2)12-19(11-14)24-20-13-16(3)23-22-21(17(4)25-26(20)22)18-8-6-5-7-9-18/h5-13,24H,1-4H3. The van der Waals surface area contributed by atoms with Gasteiger partial charge in [-0.25, -0.2) is 4.98 Å². The van der Waals surface area contributed by atoms with Crippen molar-refractivity contribution in [1.82, 2.24) is 14.6 Å². The van der Waals surface area contributed by atoms with Crippen molar-refractivity contribution in [2.24, 2.45) is 0 Å². The van der Waals surface area contributed by atoms with Gasteiger partial charge in [0.1, 0.15) is 5.82 Å². The minimum atomic E-state index is 0.876. The van der Waals surface area contributed by atoms with E-state index in [0.717, 1.165) is 39.7 Å². The van der Waals surface area contributed by atoms with Gasteiger partial charge in [0, 0.05) is 23.0 Å². The molecule has 0 aliphatic heterocycles. The number of hydrogen-bond donors (Lipinski definition) is 1. The lowest BCUT2D eigenvalue weighted by Crippen LogP contribution is -2.03. The minimum absolute atomic E-state index is 0.876. The largest absolute Gasteiger partial charge is 0.340 e. The molecular formula is C22H22N4. The average molecular weight is 342 g/mol. The third-order valence-corrected chi connectivity index (χ3v) is 4.45. The molecule has 0 spiro atoms. The molecule has 4 aromatic rings. The molecule has 0 aliphatic rings. The van der Waals surface area contributed by atoms with Gasteiger partial charge >= 0.3 is 0 Å². The summed E-state index contributed by atoms with van der Waals surface area (Å²) in [6.07, 6.45) is 0. The smallest absolute Gasteiger partial charge is 0.165 e. The fourth-order valence-electron chi connectivity index (χ4n) is 3.47. The van der Waals surface area contributed by atoms with Crippen molar-refractivity contribution < 1.29 is 0 Å². The Morgan fingerprint density at radius 2 is 1.54 bits per heavy atom. The van der Waals surface area contributed by atoms with Gasteiger partial charge in [-0.2, -0.15) is 9.61 Å². The molecular weight excluding hydrogens is 320 g/mol. The molecule has 0 unspecified atom stereocenters. The Morgan fingerprint density at radius 1 is 0.846 bits per heavy atom. The van der Waals surface area contributed by atoms with Gasteiger partial charge in [0.25, 0.3) is 0 Å². The maximum absolute atomic E-state index is 4.77.